The zero-order chi connectivity index (χ0) is 25.6. The molecule has 0 radical (unpaired) electrons. The van der Waals surface area contributed by atoms with Gasteiger partial charge in [0, 0.05) is 29.4 Å². The molecule has 5 rings (SSSR count). The summed E-state index contributed by atoms with van der Waals surface area (Å²) < 4.78 is 6.87. The smallest absolute Gasteiger partial charge is 0.335 e. The van der Waals surface area contributed by atoms with Crippen LogP contribution in [0.3, 0.4) is 0 Å². The minimum atomic E-state index is -1.03. The van der Waals surface area contributed by atoms with Crippen LogP contribution in [0.5, 0.6) is 5.75 Å². The highest BCUT2D eigenvalue weighted by Crippen LogP contribution is 2.46. The monoisotopic (exact) mass is 486 g/mol. The van der Waals surface area contributed by atoms with Gasteiger partial charge in [-0.2, -0.15) is 5.10 Å². The lowest BCUT2D eigenvalue weighted by atomic mass is 9.73. The molecule has 0 fully saturated rings. The molecule has 1 unspecified atom stereocenters. The van der Waals surface area contributed by atoms with E-state index in [-0.39, 0.29) is 22.7 Å². The third-order valence-electron chi connectivity index (χ3n) is 6.55. The van der Waals surface area contributed by atoms with Crippen molar-refractivity contribution < 1.29 is 24.2 Å². The quantitative estimate of drug-likeness (QED) is 0.485. The third-order valence-corrected chi connectivity index (χ3v) is 6.55. The van der Waals surface area contributed by atoms with E-state index in [1.807, 2.05) is 13.8 Å². The van der Waals surface area contributed by atoms with E-state index in [0.29, 0.717) is 46.8 Å². The molecule has 2 aliphatic rings. The largest absolute Gasteiger partial charge is 0.497 e. The maximum atomic E-state index is 13.3. The van der Waals surface area contributed by atoms with Crippen LogP contribution in [0, 0.1) is 5.41 Å². The number of Topliss-reactive ketones (excluding diaryl/α,β-unsaturated/α-hetero) is 1. The molecule has 36 heavy (non-hydrogen) atoms. The number of aromatic carboxylic acids is 1. The van der Waals surface area contributed by atoms with Gasteiger partial charge in [-0.1, -0.05) is 32.0 Å². The summed E-state index contributed by atoms with van der Waals surface area (Å²) in [4.78, 5) is 38.0. The summed E-state index contributed by atoms with van der Waals surface area (Å²) in [5.41, 5.74) is 2.87. The Morgan fingerprint density at radius 2 is 1.92 bits per heavy atom. The average Bonchev–Trinajstić information content (AvgIpc) is 3.26. The number of amides is 1. The van der Waals surface area contributed by atoms with Crippen LogP contribution in [0.2, 0.25) is 0 Å². The number of hydrogen-bond donors (Lipinski definition) is 3. The summed E-state index contributed by atoms with van der Waals surface area (Å²) >= 11 is 0. The van der Waals surface area contributed by atoms with Crippen LogP contribution < -0.4 is 15.4 Å². The van der Waals surface area contributed by atoms with Gasteiger partial charge in [0.2, 0.25) is 0 Å². The Bertz CT molecular complexity index is 1420. The number of carbonyl (C=O) groups excluding carboxylic acids is 2. The Morgan fingerprint density at radius 3 is 2.61 bits per heavy atom. The third kappa shape index (κ3) is 4.13. The molecule has 0 saturated carbocycles. The van der Waals surface area contributed by atoms with Crippen molar-refractivity contribution >= 4 is 29.2 Å². The summed E-state index contributed by atoms with van der Waals surface area (Å²) in [5.74, 6) is -0.289. The van der Waals surface area contributed by atoms with E-state index < -0.39 is 12.0 Å². The maximum Gasteiger partial charge on any atom is 0.335 e. The molecule has 1 amide bonds. The first kappa shape index (κ1) is 23.3. The zero-order valence-electron chi connectivity index (χ0n) is 20.2. The van der Waals surface area contributed by atoms with E-state index in [4.69, 9.17) is 4.74 Å². The van der Waals surface area contributed by atoms with Gasteiger partial charge in [0.15, 0.2) is 5.78 Å². The molecule has 2 aromatic carbocycles. The van der Waals surface area contributed by atoms with E-state index >= 15 is 0 Å². The lowest BCUT2D eigenvalue weighted by molar-refractivity contribution is -0.118. The van der Waals surface area contributed by atoms with Gasteiger partial charge < -0.3 is 20.5 Å². The number of aromatic nitrogens is 2. The summed E-state index contributed by atoms with van der Waals surface area (Å²) in [6.45, 7) is 4.07. The number of hydrogen-bond acceptors (Lipinski definition) is 6. The van der Waals surface area contributed by atoms with Crippen molar-refractivity contribution in [1.29, 1.82) is 0 Å². The minimum absolute atomic E-state index is 0.00425. The van der Waals surface area contributed by atoms with Crippen molar-refractivity contribution in [3.63, 3.8) is 0 Å². The Morgan fingerprint density at radius 1 is 1.17 bits per heavy atom. The molecule has 0 saturated heterocycles. The van der Waals surface area contributed by atoms with Crippen LogP contribution in [0.25, 0.3) is 0 Å². The van der Waals surface area contributed by atoms with Crippen molar-refractivity contribution in [2.24, 2.45) is 5.41 Å². The summed E-state index contributed by atoms with van der Waals surface area (Å²) in [6, 6.07) is 12.9. The SMILES string of the molecule is COc1cccc(NC(=O)c2cnn3c2NC2=C(C(=O)CC(C)(C)C2)C3c2ccc(C(=O)O)cc2)c1. The number of rotatable bonds is 5. The van der Waals surface area contributed by atoms with E-state index in [9.17, 15) is 19.5 Å². The first-order valence-corrected chi connectivity index (χ1v) is 11.6. The molecule has 3 N–H and O–H groups in total. The van der Waals surface area contributed by atoms with Crippen molar-refractivity contribution in [2.45, 2.75) is 32.7 Å². The lowest BCUT2D eigenvalue weighted by Gasteiger charge is -2.39. The van der Waals surface area contributed by atoms with E-state index in [0.717, 1.165) is 5.70 Å². The van der Waals surface area contributed by atoms with Crippen molar-refractivity contribution in [1.82, 2.24) is 9.78 Å². The molecule has 1 aliphatic carbocycles. The number of allylic oxidation sites excluding steroid dienone is 2. The second kappa shape index (κ2) is 8.67. The van der Waals surface area contributed by atoms with E-state index in [1.54, 1.807) is 48.2 Å². The average molecular weight is 487 g/mol. The van der Waals surface area contributed by atoms with Gasteiger partial charge in [0.05, 0.1) is 18.9 Å². The Labute approximate surface area is 207 Å². The Balaban J connectivity index is 1.57. The maximum absolute atomic E-state index is 13.3. The number of carboxylic acid groups (broad SMARTS) is 1. The van der Waals surface area contributed by atoms with E-state index in [1.165, 1.54) is 18.3 Å². The van der Waals surface area contributed by atoms with Crippen molar-refractivity contribution in [3.8, 4) is 5.75 Å². The normalized spacial score (nSPS) is 18.1. The molecule has 0 bridgehead atoms. The highest BCUT2D eigenvalue weighted by Gasteiger charge is 2.42. The number of benzene rings is 2. The minimum Gasteiger partial charge on any atom is -0.497 e. The second-order valence-electron chi connectivity index (χ2n) is 9.83. The van der Waals surface area contributed by atoms with E-state index in [2.05, 4.69) is 15.7 Å². The first-order chi connectivity index (χ1) is 17.2. The first-order valence-electron chi connectivity index (χ1n) is 11.6. The molecule has 1 aliphatic heterocycles. The molecular weight excluding hydrogens is 460 g/mol. The zero-order valence-corrected chi connectivity index (χ0v) is 20.2. The molecule has 2 heterocycles. The number of ether oxygens (including phenoxy) is 1. The van der Waals surface area contributed by atoms with Crippen LogP contribution in [-0.2, 0) is 4.79 Å². The fraction of sp³-hybridized carbons (Fsp3) is 0.259. The van der Waals surface area contributed by atoms with Gasteiger partial charge in [-0.3, -0.25) is 9.59 Å². The molecule has 0 spiro atoms. The topological polar surface area (TPSA) is 123 Å². The molecule has 3 aromatic rings. The van der Waals surface area contributed by atoms with Gasteiger partial charge in [0.1, 0.15) is 23.2 Å². The number of nitrogens with one attached hydrogen (secondary N) is 2. The molecule has 9 heteroatoms. The predicted octanol–water partition coefficient (Wildman–Crippen LogP) is 4.50. The summed E-state index contributed by atoms with van der Waals surface area (Å²) in [6.07, 6.45) is 2.49. The number of fused-ring (bicyclic) bond motifs is 1. The van der Waals surface area contributed by atoms with Gasteiger partial charge in [-0.05, 0) is 41.7 Å². The molecule has 9 nitrogen and oxygen atoms in total. The Hall–Kier alpha value is -4.40. The summed E-state index contributed by atoms with van der Waals surface area (Å²) in [7, 11) is 1.56. The van der Waals surface area contributed by atoms with Crippen molar-refractivity contribution in [3.05, 3.63) is 82.7 Å². The number of ketones is 1. The van der Waals surface area contributed by atoms with Gasteiger partial charge in [-0.25, -0.2) is 9.48 Å². The number of carbonyl (C=O) groups is 3. The Kier molecular flexibility index (Phi) is 5.62. The van der Waals surface area contributed by atoms with Gasteiger partial charge in [-0.15, -0.1) is 0 Å². The fourth-order valence-corrected chi connectivity index (χ4v) is 4.89. The highest BCUT2D eigenvalue weighted by atomic mass is 16.5. The molecular formula is C27H26N4O5. The van der Waals surface area contributed by atoms with Gasteiger partial charge >= 0.3 is 5.97 Å². The van der Waals surface area contributed by atoms with Crippen LogP contribution in [0.1, 0.15) is 59.0 Å². The molecule has 1 atom stereocenters. The fourth-order valence-electron chi connectivity index (χ4n) is 4.89. The second-order valence-corrected chi connectivity index (χ2v) is 9.83. The highest BCUT2D eigenvalue weighted by molar-refractivity contribution is 6.08. The summed E-state index contributed by atoms with van der Waals surface area (Å²) in [5, 5.41) is 20.0. The molecule has 1 aromatic heterocycles. The number of anilines is 2. The van der Waals surface area contributed by atoms with Crippen molar-refractivity contribution in [2.75, 3.05) is 17.7 Å². The molecule has 184 valence electrons. The van der Waals surface area contributed by atoms with Crippen LogP contribution in [-0.4, -0.2) is 39.7 Å². The van der Waals surface area contributed by atoms with Gasteiger partial charge in [0.25, 0.3) is 5.91 Å². The van der Waals surface area contributed by atoms with Crippen LogP contribution in [0.15, 0.2) is 66.0 Å². The van der Waals surface area contributed by atoms with Crippen LogP contribution >= 0.6 is 0 Å². The number of methoxy groups -OCH3 is 1. The number of nitrogens with zero attached hydrogens (tertiary/aromatic N) is 2. The number of carboxylic acids is 1. The standard InChI is InChI=1S/C27H26N4O5/c1-27(2)12-20-22(21(32)13-27)23(15-7-9-16(10-8-15)26(34)35)31-24(30-20)19(14-28-31)25(33)29-17-5-4-6-18(11-17)36-3/h4-11,14,23,30H,12-13H2,1-3H3,(H,29,33)(H,34,35). The lowest BCUT2D eigenvalue weighted by Crippen LogP contribution is -2.37. The predicted molar refractivity (Wildman–Crippen MR) is 133 cm³/mol. The van der Waals surface area contributed by atoms with Crippen LogP contribution in [0.4, 0.5) is 11.5 Å².